The summed E-state index contributed by atoms with van der Waals surface area (Å²) in [5.41, 5.74) is 0.670. The summed E-state index contributed by atoms with van der Waals surface area (Å²) in [7, 11) is 0. The van der Waals surface area contributed by atoms with Crippen LogP contribution in [0.2, 0.25) is 0 Å². The van der Waals surface area contributed by atoms with Gasteiger partial charge in [0.05, 0.1) is 0 Å². The van der Waals surface area contributed by atoms with Crippen molar-refractivity contribution in [2.45, 2.75) is 24.0 Å². The summed E-state index contributed by atoms with van der Waals surface area (Å²) in [6.07, 6.45) is 0. The van der Waals surface area contributed by atoms with E-state index < -0.39 is 0 Å². The van der Waals surface area contributed by atoms with Crippen molar-refractivity contribution in [3.63, 3.8) is 0 Å². The number of ketones is 1. The zero-order valence-corrected chi connectivity index (χ0v) is 9.75. The zero-order valence-electron chi connectivity index (χ0n) is 8.93. The molecule has 0 saturated carbocycles. The SMILES string of the molecule is CC(=O)c1ccccc1Sc1nnc(C)o1. The van der Waals surface area contributed by atoms with Gasteiger partial charge in [0.15, 0.2) is 5.78 Å². The van der Waals surface area contributed by atoms with Crippen LogP contribution in [0.4, 0.5) is 0 Å². The van der Waals surface area contributed by atoms with Crippen LogP contribution in [0.15, 0.2) is 38.8 Å². The molecule has 2 rings (SSSR count). The van der Waals surface area contributed by atoms with Gasteiger partial charge < -0.3 is 4.42 Å². The van der Waals surface area contributed by atoms with Gasteiger partial charge in [-0.1, -0.05) is 18.2 Å². The van der Waals surface area contributed by atoms with E-state index in [1.54, 1.807) is 19.9 Å². The Kier molecular flexibility index (Phi) is 3.05. The molecule has 0 atom stereocenters. The maximum Gasteiger partial charge on any atom is 0.281 e. The Hall–Kier alpha value is -1.62. The van der Waals surface area contributed by atoms with Crippen molar-refractivity contribution in [1.29, 1.82) is 0 Å². The van der Waals surface area contributed by atoms with Crippen molar-refractivity contribution in [2.24, 2.45) is 0 Å². The van der Waals surface area contributed by atoms with Gasteiger partial charge in [-0.05, 0) is 24.8 Å². The number of rotatable bonds is 3. The van der Waals surface area contributed by atoms with E-state index >= 15 is 0 Å². The molecule has 0 unspecified atom stereocenters. The average Bonchev–Trinajstić information content (AvgIpc) is 2.64. The van der Waals surface area contributed by atoms with E-state index in [1.807, 2.05) is 18.2 Å². The Bertz CT molecular complexity index is 522. The van der Waals surface area contributed by atoms with Crippen LogP contribution < -0.4 is 0 Å². The molecule has 0 bridgehead atoms. The molecule has 1 aromatic heterocycles. The fraction of sp³-hybridized carbons (Fsp3) is 0.182. The van der Waals surface area contributed by atoms with Crippen molar-refractivity contribution in [3.8, 4) is 0 Å². The lowest BCUT2D eigenvalue weighted by molar-refractivity contribution is 0.101. The molecule has 4 nitrogen and oxygen atoms in total. The van der Waals surface area contributed by atoms with Crippen LogP contribution in [0.25, 0.3) is 0 Å². The minimum absolute atomic E-state index is 0.0272. The van der Waals surface area contributed by atoms with Gasteiger partial charge in [0.25, 0.3) is 5.22 Å². The third-order valence-electron chi connectivity index (χ3n) is 1.97. The first-order chi connectivity index (χ1) is 7.66. The number of nitrogens with zero attached hydrogens (tertiary/aromatic N) is 2. The molecule has 0 aliphatic heterocycles. The molecular formula is C11H10N2O2S. The van der Waals surface area contributed by atoms with Crippen molar-refractivity contribution >= 4 is 17.5 Å². The maximum atomic E-state index is 11.4. The molecule has 1 aromatic carbocycles. The zero-order chi connectivity index (χ0) is 11.5. The molecule has 0 spiro atoms. The fourth-order valence-corrected chi connectivity index (χ4v) is 2.16. The number of Topliss-reactive ketones (excluding diaryl/α,β-unsaturated/α-hetero) is 1. The van der Waals surface area contributed by atoms with Crippen molar-refractivity contribution in [2.75, 3.05) is 0 Å². The Morgan fingerprint density at radius 1 is 1.31 bits per heavy atom. The number of aromatic nitrogens is 2. The Morgan fingerprint density at radius 2 is 2.06 bits per heavy atom. The molecule has 0 fully saturated rings. The second-order valence-electron chi connectivity index (χ2n) is 3.24. The number of hydrogen-bond acceptors (Lipinski definition) is 5. The summed E-state index contributed by atoms with van der Waals surface area (Å²) in [5.74, 6) is 0.544. The highest BCUT2D eigenvalue weighted by atomic mass is 32.2. The molecule has 0 aliphatic rings. The van der Waals surface area contributed by atoms with Gasteiger partial charge in [-0.2, -0.15) is 0 Å². The average molecular weight is 234 g/mol. The predicted octanol–water partition coefficient (Wildman–Crippen LogP) is 2.73. The van der Waals surface area contributed by atoms with Crippen molar-refractivity contribution in [3.05, 3.63) is 35.7 Å². The number of carbonyl (C=O) groups is 1. The highest BCUT2D eigenvalue weighted by molar-refractivity contribution is 7.99. The summed E-state index contributed by atoms with van der Waals surface area (Å²) in [5, 5.41) is 8.06. The van der Waals surface area contributed by atoms with Gasteiger partial charge in [-0.3, -0.25) is 4.79 Å². The first-order valence-electron chi connectivity index (χ1n) is 4.75. The van der Waals surface area contributed by atoms with Crippen LogP contribution in [-0.4, -0.2) is 16.0 Å². The first-order valence-corrected chi connectivity index (χ1v) is 5.56. The monoisotopic (exact) mass is 234 g/mol. The largest absolute Gasteiger partial charge is 0.416 e. The van der Waals surface area contributed by atoms with E-state index in [-0.39, 0.29) is 5.78 Å². The first kappa shape index (κ1) is 10.9. The predicted molar refractivity (Wildman–Crippen MR) is 59.6 cm³/mol. The van der Waals surface area contributed by atoms with E-state index in [2.05, 4.69) is 10.2 Å². The van der Waals surface area contributed by atoms with Crippen LogP contribution in [0.3, 0.4) is 0 Å². The van der Waals surface area contributed by atoms with Gasteiger partial charge in [-0.25, -0.2) is 0 Å². The summed E-state index contributed by atoms with van der Waals surface area (Å²) in [6, 6.07) is 7.35. The molecule has 5 heteroatoms. The van der Waals surface area contributed by atoms with Gasteiger partial charge in [0, 0.05) is 17.4 Å². The number of carbonyl (C=O) groups excluding carboxylic acids is 1. The lowest BCUT2D eigenvalue weighted by Crippen LogP contribution is -1.94. The maximum absolute atomic E-state index is 11.4. The quantitative estimate of drug-likeness (QED) is 0.764. The Labute approximate surface area is 97.1 Å². The number of hydrogen-bond donors (Lipinski definition) is 0. The van der Waals surface area contributed by atoms with E-state index in [4.69, 9.17) is 4.42 Å². The third kappa shape index (κ3) is 2.30. The highest BCUT2D eigenvalue weighted by Crippen LogP contribution is 2.29. The lowest BCUT2D eigenvalue weighted by Gasteiger charge is -2.02. The molecule has 16 heavy (non-hydrogen) atoms. The van der Waals surface area contributed by atoms with Gasteiger partial charge in [0.1, 0.15) is 0 Å². The van der Waals surface area contributed by atoms with Crippen LogP contribution >= 0.6 is 11.8 Å². The van der Waals surface area contributed by atoms with Gasteiger partial charge in [0.2, 0.25) is 5.89 Å². The molecule has 0 radical (unpaired) electrons. The molecule has 0 N–H and O–H groups in total. The van der Waals surface area contributed by atoms with E-state index in [1.165, 1.54) is 11.8 Å². The summed E-state index contributed by atoms with van der Waals surface area (Å²) in [6.45, 7) is 3.27. The second kappa shape index (κ2) is 4.49. The van der Waals surface area contributed by atoms with Gasteiger partial charge >= 0.3 is 0 Å². The van der Waals surface area contributed by atoms with Crippen LogP contribution in [-0.2, 0) is 0 Å². The summed E-state index contributed by atoms with van der Waals surface area (Å²) >= 11 is 1.30. The highest BCUT2D eigenvalue weighted by Gasteiger charge is 2.11. The van der Waals surface area contributed by atoms with Crippen LogP contribution in [0, 0.1) is 6.92 Å². The van der Waals surface area contributed by atoms with E-state index in [0.29, 0.717) is 16.7 Å². The van der Waals surface area contributed by atoms with Crippen molar-refractivity contribution in [1.82, 2.24) is 10.2 Å². The summed E-state index contributed by atoms with van der Waals surface area (Å²) in [4.78, 5) is 12.2. The Balaban J connectivity index is 2.31. The summed E-state index contributed by atoms with van der Waals surface area (Å²) < 4.78 is 5.25. The topological polar surface area (TPSA) is 56.0 Å². The van der Waals surface area contributed by atoms with Crippen LogP contribution in [0.1, 0.15) is 23.2 Å². The van der Waals surface area contributed by atoms with Gasteiger partial charge in [-0.15, -0.1) is 10.2 Å². The third-order valence-corrected chi connectivity index (χ3v) is 2.89. The minimum atomic E-state index is 0.0272. The Morgan fingerprint density at radius 3 is 2.69 bits per heavy atom. The molecular weight excluding hydrogens is 224 g/mol. The molecule has 0 aliphatic carbocycles. The standard InChI is InChI=1S/C11H10N2O2S/c1-7(14)9-5-3-4-6-10(9)16-11-13-12-8(2)15-11/h3-6H,1-2H3. The normalized spacial score (nSPS) is 10.4. The van der Waals surface area contributed by atoms with Crippen LogP contribution in [0.5, 0.6) is 0 Å². The molecule has 0 saturated heterocycles. The molecule has 2 aromatic rings. The minimum Gasteiger partial charge on any atom is -0.416 e. The lowest BCUT2D eigenvalue weighted by atomic mass is 10.1. The smallest absolute Gasteiger partial charge is 0.281 e. The number of aryl methyl sites for hydroxylation is 1. The number of benzene rings is 1. The molecule has 1 heterocycles. The second-order valence-corrected chi connectivity index (χ2v) is 4.23. The fourth-order valence-electron chi connectivity index (χ4n) is 1.26. The van der Waals surface area contributed by atoms with E-state index in [9.17, 15) is 4.79 Å². The molecule has 0 amide bonds. The van der Waals surface area contributed by atoms with Crippen molar-refractivity contribution < 1.29 is 9.21 Å². The molecule has 82 valence electrons. The van der Waals surface area contributed by atoms with E-state index in [0.717, 1.165) is 4.90 Å².